The van der Waals surface area contributed by atoms with Crippen LogP contribution in [0.2, 0.25) is 0 Å². The topological polar surface area (TPSA) is 49.9 Å². The lowest BCUT2D eigenvalue weighted by atomic mass is 9.98. The van der Waals surface area contributed by atoms with Crippen molar-refractivity contribution in [1.82, 2.24) is 4.90 Å². The number of amides is 1. The van der Waals surface area contributed by atoms with Crippen LogP contribution in [0.4, 0.5) is 14.9 Å². The van der Waals surface area contributed by atoms with E-state index >= 15 is 0 Å². The van der Waals surface area contributed by atoms with Crippen molar-refractivity contribution in [2.45, 2.75) is 40.2 Å². The van der Waals surface area contributed by atoms with Crippen LogP contribution in [0.25, 0.3) is 0 Å². The van der Waals surface area contributed by atoms with Crippen molar-refractivity contribution in [1.29, 1.82) is 0 Å². The molecule has 6 heteroatoms. The van der Waals surface area contributed by atoms with Crippen LogP contribution in [-0.4, -0.2) is 48.6 Å². The lowest BCUT2D eigenvalue weighted by molar-refractivity contribution is 0.0240. The van der Waals surface area contributed by atoms with Gasteiger partial charge in [-0.3, -0.25) is 4.79 Å². The molecule has 1 fully saturated rings. The number of rotatable bonds is 3. The number of hydrogen-bond acceptors (Lipinski definition) is 4. The molecule has 138 valence electrons. The van der Waals surface area contributed by atoms with Gasteiger partial charge in [0.05, 0.1) is 5.69 Å². The standard InChI is InChI=1S/C19H27FN2O3/c1-13(2)17(23)14-7-6-8-15(20)16(14)21-9-11-22(12-10-21)18(24)25-19(3,4)5/h6-8,13H,9-12H2,1-5H3. The maximum absolute atomic E-state index is 14.4. The highest BCUT2D eigenvalue weighted by atomic mass is 19.1. The molecule has 0 unspecified atom stereocenters. The largest absolute Gasteiger partial charge is 0.444 e. The van der Waals surface area contributed by atoms with E-state index in [2.05, 4.69) is 0 Å². The molecule has 1 heterocycles. The van der Waals surface area contributed by atoms with Gasteiger partial charge in [0, 0.05) is 37.7 Å². The van der Waals surface area contributed by atoms with Gasteiger partial charge in [-0.25, -0.2) is 9.18 Å². The van der Waals surface area contributed by atoms with Crippen molar-refractivity contribution < 1.29 is 18.7 Å². The Labute approximate surface area is 148 Å². The number of piperazine rings is 1. The molecule has 1 aliphatic heterocycles. The molecule has 0 bridgehead atoms. The predicted octanol–water partition coefficient (Wildman–Crippen LogP) is 3.72. The Morgan fingerprint density at radius 1 is 1.12 bits per heavy atom. The molecular weight excluding hydrogens is 323 g/mol. The highest BCUT2D eigenvalue weighted by Crippen LogP contribution is 2.28. The zero-order valence-corrected chi connectivity index (χ0v) is 15.6. The molecule has 25 heavy (non-hydrogen) atoms. The second-order valence-electron chi connectivity index (χ2n) is 7.61. The fraction of sp³-hybridized carbons (Fsp3) is 0.579. The van der Waals surface area contributed by atoms with Crippen LogP contribution < -0.4 is 4.90 Å². The second kappa shape index (κ2) is 7.42. The molecule has 0 saturated carbocycles. The average molecular weight is 350 g/mol. The molecule has 2 rings (SSSR count). The summed E-state index contributed by atoms with van der Waals surface area (Å²) >= 11 is 0. The molecule has 1 aromatic rings. The smallest absolute Gasteiger partial charge is 0.410 e. The number of para-hydroxylation sites is 1. The van der Waals surface area contributed by atoms with Gasteiger partial charge >= 0.3 is 6.09 Å². The Morgan fingerprint density at radius 3 is 2.24 bits per heavy atom. The maximum Gasteiger partial charge on any atom is 0.410 e. The third-order valence-corrected chi connectivity index (χ3v) is 4.02. The van der Waals surface area contributed by atoms with Crippen molar-refractivity contribution >= 4 is 17.6 Å². The number of ketones is 1. The van der Waals surface area contributed by atoms with E-state index in [-0.39, 0.29) is 17.8 Å². The Bertz CT molecular complexity index is 645. The third kappa shape index (κ3) is 4.71. The molecule has 0 aromatic heterocycles. The zero-order chi connectivity index (χ0) is 18.8. The van der Waals surface area contributed by atoms with Gasteiger partial charge in [-0.2, -0.15) is 0 Å². The number of benzene rings is 1. The number of nitrogens with zero attached hydrogens (tertiary/aromatic N) is 2. The van der Waals surface area contributed by atoms with Gasteiger partial charge in [-0.15, -0.1) is 0 Å². The number of carbonyl (C=O) groups is 2. The normalized spacial score (nSPS) is 15.5. The number of carbonyl (C=O) groups excluding carboxylic acids is 2. The van der Waals surface area contributed by atoms with Crippen LogP contribution in [0.15, 0.2) is 18.2 Å². The van der Waals surface area contributed by atoms with E-state index in [1.807, 2.05) is 25.7 Å². The number of hydrogen-bond donors (Lipinski definition) is 0. The van der Waals surface area contributed by atoms with E-state index in [9.17, 15) is 14.0 Å². The van der Waals surface area contributed by atoms with Crippen molar-refractivity contribution in [3.63, 3.8) is 0 Å². The fourth-order valence-electron chi connectivity index (χ4n) is 2.79. The first kappa shape index (κ1) is 19.2. The van der Waals surface area contributed by atoms with E-state index in [1.165, 1.54) is 6.07 Å². The van der Waals surface area contributed by atoms with E-state index < -0.39 is 11.4 Å². The van der Waals surface area contributed by atoms with Crippen LogP contribution in [0.1, 0.15) is 45.0 Å². The lowest BCUT2D eigenvalue weighted by Crippen LogP contribution is -2.50. The van der Waals surface area contributed by atoms with Crippen molar-refractivity contribution in [3.05, 3.63) is 29.6 Å². The molecular formula is C19H27FN2O3. The van der Waals surface area contributed by atoms with Gasteiger partial charge in [-0.05, 0) is 32.9 Å². The minimum Gasteiger partial charge on any atom is -0.444 e. The van der Waals surface area contributed by atoms with Gasteiger partial charge in [0.1, 0.15) is 11.4 Å². The highest BCUT2D eigenvalue weighted by molar-refractivity contribution is 6.02. The van der Waals surface area contributed by atoms with Crippen LogP contribution in [-0.2, 0) is 4.74 Å². The minimum atomic E-state index is -0.545. The number of ether oxygens (including phenoxy) is 1. The summed E-state index contributed by atoms with van der Waals surface area (Å²) in [6, 6.07) is 4.60. The summed E-state index contributed by atoms with van der Waals surface area (Å²) in [5.74, 6) is -0.690. The Hall–Kier alpha value is -2.11. The van der Waals surface area contributed by atoms with Gasteiger partial charge in [-0.1, -0.05) is 19.9 Å². The van der Waals surface area contributed by atoms with Crippen LogP contribution >= 0.6 is 0 Å². The summed E-state index contributed by atoms with van der Waals surface area (Å²) < 4.78 is 19.8. The average Bonchev–Trinajstić information content (AvgIpc) is 2.52. The lowest BCUT2D eigenvalue weighted by Gasteiger charge is -2.37. The minimum absolute atomic E-state index is 0.0796. The van der Waals surface area contributed by atoms with E-state index in [0.29, 0.717) is 37.4 Å². The van der Waals surface area contributed by atoms with E-state index in [1.54, 1.807) is 30.9 Å². The summed E-state index contributed by atoms with van der Waals surface area (Å²) in [4.78, 5) is 28.0. The summed E-state index contributed by atoms with van der Waals surface area (Å²) in [6.07, 6.45) is -0.362. The molecule has 1 saturated heterocycles. The molecule has 0 aliphatic carbocycles. The number of Topliss-reactive ketones (excluding diaryl/α,β-unsaturated/α-hetero) is 1. The van der Waals surface area contributed by atoms with Gasteiger partial charge in [0.25, 0.3) is 0 Å². The summed E-state index contributed by atoms with van der Waals surface area (Å²) in [6.45, 7) is 10.8. The van der Waals surface area contributed by atoms with Crippen molar-refractivity contribution in [2.75, 3.05) is 31.1 Å². The third-order valence-electron chi connectivity index (χ3n) is 4.02. The monoisotopic (exact) mass is 350 g/mol. The summed E-state index contributed by atoms with van der Waals surface area (Å²) in [5.41, 5.74) is 0.196. The predicted molar refractivity (Wildman–Crippen MR) is 95.6 cm³/mol. The van der Waals surface area contributed by atoms with Crippen molar-refractivity contribution in [3.8, 4) is 0 Å². The summed E-state index contributed by atoms with van der Waals surface area (Å²) in [5, 5.41) is 0. The number of halogens is 1. The molecule has 0 radical (unpaired) electrons. The Kier molecular flexibility index (Phi) is 5.70. The van der Waals surface area contributed by atoms with Gasteiger partial charge in [0.15, 0.2) is 5.78 Å². The van der Waals surface area contributed by atoms with Crippen LogP contribution in [0, 0.1) is 11.7 Å². The molecule has 1 amide bonds. The first-order chi connectivity index (χ1) is 11.6. The second-order valence-corrected chi connectivity index (χ2v) is 7.61. The maximum atomic E-state index is 14.4. The Morgan fingerprint density at radius 2 is 1.72 bits per heavy atom. The first-order valence-corrected chi connectivity index (χ1v) is 8.65. The number of anilines is 1. The van der Waals surface area contributed by atoms with Gasteiger partial charge in [0.2, 0.25) is 0 Å². The molecule has 0 N–H and O–H groups in total. The molecule has 1 aliphatic rings. The molecule has 0 atom stereocenters. The fourth-order valence-corrected chi connectivity index (χ4v) is 2.79. The summed E-state index contributed by atoms with van der Waals surface area (Å²) in [7, 11) is 0. The van der Waals surface area contributed by atoms with Gasteiger partial charge < -0.3 is 14.5 Å². The van der Waals surface area contributed by atoms with Crippen LogP contribution in [0.3, 0.4) is 0 Å². The van der Waals surface area contributed by atoms with E-state index in [0.717, 1.165) is 0 Å². The van der Waals surface area contributed by atoms with E-state index in [4.69, 9.17) is 4.74 Å². The highest BCUT2D eigenvalue weighted by Gasteiger charge is 2.29. The van der Waals surface area contributed by atoms with Crippen molar-refractivity contribution in [2.24, 2.45) is 5.92 Å². The molecule has 0 spiro atoms. The molecule has 5 nitrogen and oxygen atoms in total. The quantitative estimate of drug-likeness (QED) is 0.780. The zero-order valence-electron chi connectivity index (χ0n) is 15.6. The Balaban J connectivity index is 2.13. The molecule has 1 aromatic carbocycles. The SMILES string of the molecule is CC(C)C(=O)c1cccc(F)c1N1CCN(C(=O)OC(C)(C)C)CC1. The first-order valence-electron chi connectivity index (χ1n) is 8.65. The van der Waals surface area contributed by atoms with Crippen LogP contribution in [0.5, 0.6) is 0 Å².